The third kappa shape index (κ3) is 2.14. The second-order valence-corrected chi connectivity index (χ2v) is 6.78. The minimum atomic E-state index is 0.555. The molecule has 1 aliphatic carbocycles. The Kier molecular flexibility index (Phi) is 3.26. The van der Waals surface area contributed by atoms with E-state index in [1.165, 1.54) is 45.9 Å². The van der Waals surface area contributed by atoms with Gasteiger partial charge < -0.3 is 0 Å². The van der Waals surface area contributed by atoms with Crippen molar-refractivity contribution in [2.75, 3.05) is 0 Å². The lowest BCUT2D eigenvalue weighted by molar-refractivity contribution is 0.787. The van der Waals surface area contributed by atoms with E-state index in [1.807, 2.05) is 0 Å². The summed E-state index contributed by atoms with van der Waals surface area (Å²) in [5, 5.41) is 2.81. The zero-order chi connectivity index (χ0) is 15.1. The smallest absolute Gasteiger partial charge is 0.0101 e. The molecule has 0 spiro atoms. The van der Waals surface area contributed by atoms with Gasteiger partial charge in [0.15, 0.2) is 0 Å². The van der Waals surface area contributed by atoms with Gasteiger partial charge in [-0.1, -0.05) is 74.5 Å². The van der Waals surface area contributed by atoms with E-state index >= 15 is 0 Å². The maximum absolute atomic E-state index is 2.46. The van der Waals surface area contributed by atoms with Crippen LogP contribution in [0.5, 0.6) is 0 Å². The highest BCUT2D eigenvalue weighted by Crippen LogP contribution is 2.41. The fourth-order valence-corrected chi connectivity index (χ4v) is 3.87. The van der Waals surface area contributed by atoms with Crippen molar-refractivity contribution >= 4 is 10.8 Å². The number of rotatable bonds is 2. The van der Waals surface area contributed by atoms with Crippen LogP contribution in [-0.4, -0.2) is 0 Å². The van der Waals surface area contributed by atoms with Gasteiger partial charge in [-0.25, -0.2) is 0 Å². The summed E-state index contributed by atoms with van der Waals surface area (Å²) in [5.41, 5.74) is 6.05. The molecule has 3 aromatic carbocycles. The quantitative estimate of drug-likeness (QED) is 0.538. The lowest BCUT2D eigenvalue weighted by Gasteiger charge is -2.18. The van der Waals surface area contributed by atoms with E-state index in [-0.39, 0.29) is 0 Å². The van der Waals surface area contributed by atoms with Gasteiger partial charge in [0.25, 0.3) is 0 Å². The van der Waals surface area contributed by atoms with Gasteiger partial charge in [0.2, 0.25) is 0 Å². The highest BCUT2D eigenvalue weighted by Gasteiger charge is 2.25. The van der Waals surface area contributed by atoms with Gasteiger partial charge in [-0.05, 0) is 51.8 Å². The minimum absolute atomic E-state index is 0.555. The molecule has 0 saturated heterocycles. The normalized spacial score (nSPS) is 17.1. The first-order valence-electron chi connectivity index (χ1n) is 8.34. The summed E-state index contributed by atoms with van der Waals surface area (Å²) in [6, 6.07) is 22.7. The molecule has 1 unspecified atom stereocenters. The lowest BCUT2D eigenvalue weighted by atomic mass is 9.86. The molecule has 0 nitrogen and oxygen atoms in total. The molecular formula is C22H22. The van der Waals surface area contributed by atoms with Crippen LogP contribution in [0.3, 0.4) is 0 Å². The summed E-state index contributed by atoms with van der Waals surface area (Å²) in [4.78, 5) is 0. The molecule has 0 heteroatoms. The van der Waals surface area contributed by atoms with E-state index in [4.69, 9.17) is 0 Å². The van der Waals surface area contributed by atoms with Gasteiger partial charge >= 0.3 is 0 Å². The van der Waals surface area contributed by atoms with Gasteiger partial charge in [0.1, 0.15) is 0 Å². The molecular weight excluding hydrogens is 264 g/mol. The Morgan fingerprint density at radius 3 is 2.50 bits per heavy atom. The van der Waals surface area contributed by atoms with Gasteiger partial charge in [0.05, 0.1) is 0 Å². The van der Waals surface area contributed by atoms with Crippen LogP contribution in [0, 0.1) is 0 Å². The molecule has 0 bridgehead atoms. The van der Waals surface area contributed by atoms with Crippen molar-refractivity contribution in [1.29, 1.82) is 0 Å². The van der Waals surface area contributed by atoms with Crippen molar-refractivity contribution in [2.24, 2.45) is 0 Å². The van der Waals surface area contributed by atoms with Crippen LogP contribution in [0.15, 0.2) is 60.7 Å². The summed E-state index contributed by atoms with van der Waals surface area (Å²) in [7, 11) is 0. The second kappa shape index (κ2) is 5.28. The molecule has 0 N–H and O–H groups in total. The van der Waals surface area contributed by atoms with E-state index in [2.05, 4.69) is 74.5 Å². The number of benzene rings is 3. The molecule has 4 rings (SSSR count). The van der Waals surface area contributed by atoms with E-state index in [9.17, 15) is 0 Å². The molecule has 0 radical (unpaired) electrons. The Morgan fingerprint density at radius 1 is 0.864 bits per heavy atom. The Labute approximate surface area is 132 Å². The van der Waals surface area contributed by atoms with E-state index in [1.54, 1.807) is 0 Å². The zero-order valence-electron chi connectivity index (χ0n) is 13.3. The van der Waals surface area contributed by atoms with Gasteiger partial charge in [0, 0.05) is 5.92 Å². The van der Waals surface area contributed by atoms with Gasteiger partial charge in [-0.2, -0.15) is 0 Å². The first-order valence-corrected chi connectivity index (χ1v) is 8.34. The molecule has 0 aromatic heterocycles. The first-order chi connectivity index (χ1) is 10.7. The SMILES string of the molecule is CC(C)c1cc(C2CCc3ccccc32)c2ccccc2c1. The average Bonchev–Trinajstić information content (AvgIpc) is 2.97. The summed E-state index contributed by atoms with van der Waals surface area (Å²) in [6.07, 6.45) is 2.45. The van der Waals surface area contributed by atoms with Crippen LogP contribution in [0.1, 0.15) is 54.4 Å². The third-order valence-electron chi connectivity index (χ3n) is 5.09. The summed E-state index contributed by atoms with van der Waals surface area (Å²) in [6.45, 7) is 4.58. The third-order valence-corrected chi connectivity index (χ3v) is 5.09. The molecule has 0 aliphatic heterocycles. The fourth-order valence-electron chi connectivity index (χ4n) is 3.87. The molecule has 22 heavy (non-hydrogen) atoms. The maximum atomic E-state index is 2.46. The van der Waals surface area contributed by atoms with Crippen LogP contribution >= 0.6 is 0 Å². The van der Waals surface area contributed by atoms with Crippen LogP contribution in [-0.2, 0) is 6.42 Å². The highest BCUT2D eigenvalue weighted by molar-refractivity contribution is 5.87. The molecule has 110 valence electrons. The van der Waals surface area contributed by atoms with Crippen LogP contribution in [0.4, 0.5) is 0 Å². The molecule has 0 fully saturated rings. The van der Waals surface area contributed by atoms with Crippen molar-refractivity contribution in [3.8, 4) is 0 Å². The second-order valence-electron chi connectivity index (χ2n) is 6.78. The number of hydrogen-bond donors (Lipinski definition) is 0. The fraction of sp³-hybridized carbons (Fsp3) is 0.273. The number of hydrogen-bond acceptors (Lipinski definition) is 0. The van der Waals surface area contributed by atoms with Crippen molar-refractivity contribution in [2.45, 2.75) is 38.5 Å². The van der Waals surface area contributed by atoms with Crippen molar-refractivity contribution in [3.63, 3.8) is 0 Å². The zero-order valence-corrected chi connectivity index (χ0v) is 13.3. The predicted molar refractivity (Wildman–Crippen MR) is 94.6 cm³/mol. The summed E-state index contributed by atoms with van der Waals surface area (Å²) in [5.74, 6) is 1.12. The highest BCUT2D eigenvalue weighted by atomic mass is 14.3. The largest absolute Gasteiger partial charge is 0.0620 e. The summed E-state index contributed by atoms with van der Waals surface area (Å²) >= 11 is 0. The Morgan fingerprint density at radius 2 is 1.64 bits per heavy atom. The average molecular weight is 286 g/mol. The van der Waals surface area contributed by atoms with Gasteiger partial charge in [-0.15, -0.1) is 0 Å². The number of fused-ring (bicyclic) bond motifs is 2. The van der Waals surface area contributed by atoms with E-state index in [0.717, 1.165) is 0 Å². The Bertz CT molecular complexity index is 826. The van der Waals surface area contributed by atoms with Crippen molar-refractivity contribution in [3.05, 3.63) is 82.9 Å². The molecule has 0 saturated carbocycles. The lowest BCUT2D eigenvalue weighted by Crippen LogP contribution is -2.00. The standard InChI is InChI=1S/C22H22/c1-15(2)18-13-17-8-4-6-10-20(17)22(14-18)21-12-11-16-7-3-5-9-19(16)21/h3-10,13-15,21H,11-12H2,1-2H3. The minimum Gasteiger partial charge on any atom is -0.0620 e. The van der Waals surface area contributed by atoms with Crippen LogP contribution in [0.2, 0.25) is 0 Å². The molecule has 3 aromatic rings. The van der Waals surface area contributed by atoms with Crippen LogP contribution in [0.25, 0.3) is 10.8 Å². The van der Waals surface area contributed by atoms with Crippen molar-refractivity contribution in [1.82, 2.24) is 0 Å². The van der Waals surface area contributed by atoms with Crippen molar-refractivity contribution < 1.29 is 0 Å². The van der Waals surface area contributed by atoms with Gasteiger partial charge in [-0.3, -0.25) is 0 Å². The maximum Gasteiger partial charge on any atom is 0.0101 e. The van der Waals surface area contributed by atoms with E-state index in [0.29, 0.717) is 11.8 Å². The van der Waals surface area contributed by atoms with E-state index < -0.39 is 0 Å². The number of aryl methyl sites for hydroxylation is 1. The molecule has 1 aliphatic rings. The molecule has 1 atom stereocenters. The summed E-state index contributed by atoms with van der Waals surface area (Å²) < 4.78 is 0. The monoisotopic (exact) mass is 286 g/mol. The molecule has 0 amide bonds. The molecule has 0 heterocycles. The first kappa shape index (κ1) is 13.6. The topological polar surface area (TPSA) is 0 Å². The Hall–Kier alpha value is -2.08. The predicted octanol–water partition coefficient (Wildman–Crippen LogP) is 6.04. The van der Waals surface area contributed by atoms with Crippen LogP contribution < -0.4 is 0 Å². The Balaban J connectivity index is 1.95.